The van der Waals surface area contributed by atoms with Crippen LogP contribution in [0.2, 0.25) is 0 Å². The number of para-hydroxylation sites is 1. The molecule has 1 heterocycles. The Balaban J connectivity index is 1.90. The Hall–Kier alpha value is -2.28. The molecule has 0 saturated carbocycles. The molecule has 1 aliphatic heterocycles. The highest BCUT2D eigenvalue weighted by Crippen LogP contribution is 2.29. The average Bonchev–Trinajstić information content (AvgIpc) is 2.54. The summed E-state index contributed by atoms with van der Waals surface area (Å²) in [6.45, 7) is 4.98. The van der Waals surface area contributed by atoms with Crippen molar-refractivity contribution in [3.8, 4) is 5.75 Å². The van der Waals surface area contributed by atoms with Crippen molar-refractivity contribution in [1.29, 1.82) is 0 Å². The molecular formula is C20H20O. The van der Waals surface area contributed by atoms with Gasteiger partial charge >= 0.3 is 0 Å². The summed E-state index contributed by atoms with van der Waals surface area (Å²) in [6.07, 6.45) is 5.54. The highest BCUT2D eigenvalue weighted by molar-refractivity contribution is 5.70. The Morgan fingerprint density at radius 2 is 2.00 bits per heavy atom. The molecule has 0 saturated heterocycles. The molecular weight excluding hydrogens is 256 g/mol. The van der Waals surface area contributed by atoms with Gasteiger partial charge in [0.05, 0.1) is 0 Å². The standard InChI is InChI=1S/C20H20O/c1-3-16-7-6-8-17(12-16)11-15(2)19-13-18-9-4-5-10-20(18)21-14-19/h4-13H,3,14H2,1-2H3. The van der Waals surface area contributed by atoms with Gasteiger partial charge in [-0.05, 0) is 47.8 Å². The van der Waals surface area contributed by atoms with E-state index < -0.39 is 0 Å². The molecule has 0 unspecified atom stereocenters. The molecule has 0 aromatic heterocycles. The van der Waals surface area contributed by atoms with Crippen LogP contribution in [0.3, 0.4) is 0 Å². The third-order valence-electron chi connectivity index (χ3n) is 3.88. The summed E-state index contributed by atoms with van der Waals surface area (Å²) < 4.78 is 5.83. The minimum absolute atomic E-state index is 0.646. The predicted octanol–water partition coefficient (Wildman–Crippen LogP) is 5.13. The van der Waals surface area contributed by atoms with E-state index in [9.17, 15) is 0 Å². The van der Waals surface area contributed by atoms with E-state index in [0.29, 0.717) is 6.61 Å². The van der Waals surface area contributed by atoms with E-state index in [4.69, 9.17) is 4.74 Å². The van der Waals surface area contributed by atoms with Crippen LogP contribution in [-0.2, 0) is 6.42 Å². The van der Waals surface area contributed by atoms with Crippen molar-refractivity contribution in [3.05, 3.63) is 76.4 Å². The Bertz CT molecular complexity index is 707. The second-order valence-corrected chi connectivity index (χ2v) is 5.42. The zero-order valence-corrected chi connectivity index (χ0v) is 12.6. The Morgan fingerprint density at radius 3 is 2.86 bits per heavy atom. The first-order chi connectivity index (χ1) is 10.3. The van der Waals surface area contributed by atoms with Crippen molar-refractivity contribution in [2.24, 2.45) is 0 Å². The Morgan fingerprint density at radius 1 is 1.14 bits per heavy atom. The van der Waals surface area contributed by atoms with E-state index in [1.54, 1.807) is 0 Å². The molecule has 21 heavy (non-hydrogen) atoms. The van der Waals surface area contributed by atoms with Crippen molar-refractivity contribution in [3.63, 3.8) is 0 Å². The first-order valence-electron chi connectivity index (χ1n) is 7.46. The van der Waals surface area contributed by atoms with Gasteiger partial charge in [0.25, 0.3) is 0 Å². The summed E-state index contributed by atoms with van der Waals surface area (Å²) in [5.41, 5.74) is 6.30. The third-order valence-corrected chi connectivity index (χ3v) is 3.88. The molecule has 0 fully saturated rings. The van der Waals surface area contributed by atoms with Crippen LogP contribution in [0.4, 0.5) is 0 Å². The van der Waals surface area contributed by atoms with Gasteiger partial charge in [0, 0.05) is 5.56 Å². The number of aryl methyl sites for hydroxylation is 1. The van der Waals surface area contributed by atoms with Gasteiger partial charge in [0.2, 0.25) is 0 Å². The largest absolute Gasteiger partial charge is 0.488 e. The number of rotatable bonds is 3. The van der Waals surface area contributed by atoms with Crippen LogP contribution in [-0.4, -0.2) is 6.61 Å². The van der Waals surface area contributed by atoms with E-state index in [1.165, 1.54) is 22.3 Å². The lowest BCUT2D eigenvalue weighted by Gasteiger charge is -2.18. The summed E-state index contributed by atoms with van der Waals surface area (Å²) in [4.78, 5) is 0. The number of ether oxygens (including phenoxy) is 1. The van der Waals surface area contributed by atoms with Gasteiger partial charge in [-0.2, -0.15) is 0 Å². The van der Waals surface area contributed by atoms with Crippen LogP contribution in [0, 0.1) is 0 Å². The van der Waals surface area contributed by atoms with Crippen LogP contribution in [0.1, 0.15) is 30.5 Å². The smallest absolute Gasteiger partial charge is 0.127 e. The summed E-state index contributed by atoms with van der Waals surface area (Å²) in [5.74, 6) is 0.974. The maximum Gasteiger partial charge on any atom is 0.127 e. The van der Waals surface area contributed by atoms with Crippen LogP contribution in [0.15, 0.2) is 59.7 Å². The summed E-state index contributed by atoms with van der Waals surface area (Å²) >= 11 is 0. The van der Waals surface area contributed by atoms with Crippen molar-refractivity contribution in [1.82, 2.24) is 0 Å². The molecule has 0 radical (unpaired) electrons. The minimum Gasteiger partial charge on any atom is -0.488 e. The van der Waals surface area contributed by atoms with E-state index in [2.05, 4.69) is 56.3 Å². The Labute approximate surface area is 126 Å². The second kappa shape index (κ2) is 6.01. The van der Waals surface area contributed by atoms with Gasteiger partial charge in [-0.1, -0.05) is 55.5 Å². The zero-order chi connectivity index (χ0) is 14.7. The maximum atomic E-state index is 5.83. The van der Waals surface area contributed by atoms with Gasteiger partial charge in [-0.15, -0.1) is 0 Å². The molecule has 0 amide bonds. The van der Waals surface area contributed by atoms with Crippen LogP contribution >= 0.6 is 0 Å². The molecule has 2 aromatic carbocycles. The molecule has 0 spiro atoms. The van der Waals surface area contributed by atoms with E-state index >= 15 is 0 Å². The molecule has 1 heteroatoms. The van der Waals surface area contributed by atoms with Crippen LogP contribution < -0.4 is 4.74 Å². The highest BCUT2D eigenvalue weighted by Gasteiger charge is 2.11. The normalized spacial score (nSPS) is 14.2. The SMILES string of the molecule is CCc1cccc(C=C(C)C2=Cc3ccccc3OC2)c1. The molecule has 1 aliphatic rings. The van der Waals surface area contributed by atoms with Gasteiger partial charge in [-0.25, -0.2) is 0 Å². The van der Waals surface area contributed by atoms with E-state index in [-0.39, 0.29) is 0 Å². The third kappa shape index (κ3) is 3.08. The first-order valence-corrected chi connectivity index (χ1v) is 7.46. The fraction of sp³-hybridized carbons (Fsp3) is 0.200. The second-order valence-electron chi connectivity index (χ2n) is 5.42. The topological polar surface area (TPSA) is 9.23 Å². The molecule has 0 aliphatic carbocycles. The van der Waals surface area contributed by atoms with Gasteiger partial charge in [0.15, 0.2) is 0 Å². The molecule has 1 nitrogen and oxygen atoms in total. The van der Waals surface area contributed by atoms with Crippen molar-refractivity contribution in [2.45, 2.75) is 20.3 Å². The summed E-state index contributed by atoms with van der Waals surface area (Å²) in [6, 6.07) is 16.9. The lowest BCUT2D eigenvalue weighted by atomic mass is 9.99. The maximum absolute atomic E-state index is 5.83. The Kier molecular flexibility index (Phi) is 3.92. The lowest BCUT2D eigenvalue weighted by Crippen LogP contribution is -2.07. The molecule has 0 N–H and O–H groups in total. The number of benzene rings is 2. The van der Waals surface area contributed by atoms with Crippen molar-refractivity contribution < 1.29 is 4.74 Å². The first kappa shape index (κ1) is 13.7. The van der Waals surface area contributed by atoms with Crippen molar-refractivity contribution >= 4 is 12.2 Å². The number of fused-ring (bicyclic) bond motifs is 1. The fourth-order valence-electron chi connectivity index (χ4n) is 2.59. The fourth-order valence-corrected chi connectivity index (χ4v) is 2.59. The quantitative estimate of drug-likeness (QED) is 0.755. The summed E-state index contributed by atoms with van der Waals surface area (Å²) in [7, 11) is 0. The highest BCUT2D eigenvalue weighted by atomic mass is 16.5. The van der Waals surface area contributed by atoms with Crippen LogP contribution in [0.5, 0.6) is 5.75 Å². The number of hydrogen-bond donors (Lipinski definition) is 0. The van der Waals surface area contributed by atoms with Gasteiger partial charge in [-0.3, -0.25) is 0 Å². The monoisotopic (exact) mass is 276 g/mol. The predicted molar refractivity (Wildman–Crippen MR) is 89.4 cm³/mol. The van der Waals surface area contributed by atoms with Gasteiger partial charge in [0.1, 0.15) is 12.4 Å². The number of hydrogen-bond acceptors (Lipinski definition) is 1. The minimum atomic E-state index is 0.646. The molecule has 106 valence electrons. The van der Waals surface area contributed by atoms with E-state index in [1.807, 2.05) is 18.2 Å². The molecule has 0 bridgehead atoms. The van der Waals surface area contributed by atoms with Crippen LogP contribution in [0.25, 0.3) is 12.2 Å². The van der Waals surface area contributed by atoms with E-state index in [0.717, 1.165) is 17.7 Å². The lowest BCUT2D eigenvalue weighted by molar-refractivity contribution is 0.349. The van der Waals surface area contributed by atoms with Gasteiger partial charge < -0.3 is 4.74 Å². The summed E-state index contributed by atoms with van der Waals surface area (Å²) in [5, 5.41) is 0. The zero-order valence-electron chi connectivity index (χ0n) is 12.6. The molecule has 3 rings (SSSR count). The van der Waals surface area contributed by atoms with Crippen molar-refractivity contribution in [2.75, 3.05) is 6.61 Å². The average molecular weight is 276 g/mol. The molecule has 2 aromatic rings. The molecule has 0 atom stereocenters.